The van der Waals surface area contributed by atoms with Crippen LogP contribution in [0.25, 0.3) is 0 Å². The second-order valence-electron chi connectivity index (χ2n) is 21.2. The van der Waals surface area contributed by atoms with Crippen molar-refractivity contribution in [2.45, 2.75) is 136 Å². The van der Waals surface area contributed by atoms with Crippen LogP contribution in [0, 0.1) is 69.0 Å². The van der Waals surface area contributed by atoms with Crippen molar-refractivity contribution in [1.29, 1.82) is 0 Å². The van der Waals surface area contributed by atoms with Gasteiger partial charge in [0.15, 0.2) is 0 Å². The van der Waals surface area contributed by atoms with Crippen LogP contribution in [-0.2, 0) is 6.54 Å². The van der Waals surface area contributed by atoms with Crippen molar-refractivity contribution in [2.24, 2.45) is 74.7 Å². The van der Waals surface area contributed by atoms with E-state index in [9.17, 15) is 25.2 Å². The van der Waals surface area contributed by atoms with Crippen molar-refractivity contribution < 1.29 is 25.2 Å². The Morgan fingerprint density at radius 2 is 1.15 bits per heavy atom. The van der Waals surface area contributed by atoms with Gasteiger partial charge in [0, 0.05) is 50.1 Å². The molecular formula is C52H80N4O5. The van der Waals surface area contributed by atoms with E-state index in [4.69, 9.17) is 5.73 Å². The van der Waals surface area contributed by atoms with Gasteiger partial charge in [0.05, 0.1) is 12.2 Å². The van der Waals surface area contributed by atoms with E-state index in [1.165, 1.54) is 55.2 Å². The molecule has 6 saturated carbocycles. The zero-order chi connectivity index (χ0) is 44.0. The van der Waals surface area contributed by atoms with Crippen LogP contribution in [0.1, 0.15) is 134 Å². The zero-order valence-corrected chi connectivity index (χ0v) is 38.0. The molecule has 2 heterocycles. The molecule has 0 aliphatic heterocycles. The summed E-state index contributed by atoms with van der Waals surface area (Å²) in [4.78, 5) is 17.8. The number of fused-ring (bicyclic) bond motifs is 2. The number of nitrogens with one attached hydrogen (secondary N) is 1. The minimum atomic E-state index is -0.251. The molecule has 9 heteroatoms. The van der Waals surface area contributed by atoms with E-state index in [0.29, 0.717) is 41.1 Å². The first-order valence-corrected chi connectivity index (χ1v) is 23.8. The van der Waals surface area contributed by atoms with E-state index in [1.807, 2.05) is 12.4 Å². The largest absolute Gasteiger partial charge is 0.396 e. The highest BCUT2D eigenvalue weighted by Crippen LogP contribution is 2.65. The highest BCUT2D eigenvalue weighted by molar-refractivity contribution is 5.74. The Balaban J connectivity index is 0.000000177. The predicted octanol–water partition coefficient (Wildman–Crippen LogP) is 8.33. The molecule has 2 aromatic heterocycles. The van der Waals surface area contributed by atoms with Crippen LogP contribution in [0.2, 0.25) is 0 Å². The van der Waals surface area contributed by atoms with E-state index in [0.717, 1.165) is 77.3 Å². The normalized spacial score (nSPS) is 40.7. The van der Waals surface area contributed by atoms with Gasteiger partial charge in [0.25, 0.3) is 0 Å². The summed E-state index contributed by atoms with van der Waals surface area (Å²) in [6.45, 7) is 21.5. The molecule has 0 amide bonds. The predicted molar refractivity (Wildman–Crippen MR) is 244 cm³/mol. The SMILES string of the molecule is C=C1CC[C@H]2[C@H](CN)[C@@H]([C@@]3(C)CC[C@H](O)C[C@@H]3CO)CC[C@]12C.C=C1CC[C@H]2[C@H](CNCc3ccncc3)[C@@H]([C@@]3(C)CC[C@H](O)C[C@@H]3CO)CC[C@]12C.O=Cc1ccncc1. The molecular weight excluding hydrogens is 761 g/mol. The number of carbonyl (C=O) groups is 1. The highest BCUT2D eigenvalue weighted by atomic mass is 16.3. The summed E-state index contributed by atoms with van der Waals surface area (Å²) in [7, 11) is 0. The number of aliphatic hydroxyl groups is 4. The zero-order valence-electron chi connectivity index (χ0n) is 38.0. The van der Waals surface area contributed by atoms with Crippen molar-refractivity contribution in [3.05, 3.63) is 84.5 Å². The van der Waals surface area contributed by atoms with Crippen molar-refractivity contribution >= 4 is 6.29 Å². The van der Waals surface area contributed by atoms with Gasteiger partial charge in [-0.05, 0) is 202 Å². The Morgan fingerprint density at radius 1 is 0.689 bits per heavy atom. The van der Waals surface area contributed by atoms with Crippen LogP contribution in [-0.4, -0.2) is 75.2 Å². The van der Waals surface area contributed by atoms with Crippen molar-refractivity contribution in [3.63, 3.8) is 0 Å². The minimum absolute atomic E-state index is 0.0995. The monoisotopic (exact) mass is 841 g/mol. The lowest BCUT2D eigenvalue weighted by atomic mass is 9.49. The number of hydrogen-bond donors (Lipinski definition) is 6. The standard InChI is InChI=1S/C26H40N2O2.C20H35NO2.C6H5NO/c1-18-4-5-23-22(16-28-15-19-8-12-27-13-9-19)24(7-11-25(18,23)2)26(3)10-6-21(30)14-20(26)17-29;1-13-4-5-17-16(11-21)18(7-9-19(13,17)2)20(3)8-6-15(23)10-14(20)12-22;8-5-6-1-3-7-4-2-6/h8-9,12-13,20-24,28-30H,1,4-7,10-11,14-17H2,2-3H3;14-18,22-23H,1,4-12,21H2,2-3H3;1-5H/t20-,21+,22+,23+,24+,25-,26+;14-,15+,16+,17+,18+,19-,20+;/m11./s1. The summed E-state index contributed by atoms with van der Waals surface area (Å²) >= 11 is 0. The average Bonchev–Trinajstić information content (AvgIpc) is 3.76. The number of aldehydes is 1. The fraction of sp³-hybridized carbons (Fsp3) is 0.712. The van der Waals surface area contributed by atoms with Crippen LogP contribution >= 0.6 is 0 Å². The Bertz CT molecular complexity index is 1750. The van der Waals surface area contributed by atoms with E-state index < -0.39 is 0 Å². The maximum atomic E-state index is 10.3. The lowest BCUT2D eigenvalue weighted by Gasteiger charge is -2.56. The van der Waals surface area contributed by atoms with Crippen LogP contribution in [0.15, 0.2) is 73.4 Å². The molecule has 7 N–H and O–H groups in total. The van der Waals surface area contributed by atoms with Crippen LogP contribution < -0.4 is 11.1 Å². The molecule has 0 aromatic carbocycles. The lowest BCUT2D eigenvalue weighted by Crippen LogP contribution is -2.53. The number of allylic oxidation sites excluding steroid dienone is 2. The molecule has 6 aliphatic carbocycles. The van der Waals surface area contributed by atoms with E-state index in [2.05, 4.69) is 68.3 Å². The lowest BCUT2D eigenvalue weighted by molar-refractivity contribution is -0.0933. The number of carbonyl (C=O) groups excluding carboxylic acids is 1. The van der Waals surface area contributed by atoms with Crippen LogP contribution in [0.3, 0.4) is 0 Å². The molecule has 0 unspecified atom stereocenters. The molecule has 9 nitrogen and oxygen atoms in total. The van der Waals surface area contributed by atoms with Gasteiger partial charge in [-0.2, -0.15) is 0 Å². The molecule has 6 fully saturated rings. The fourth-order valence-corrected chi connectivity index (χ4v) is 14.3. The summed E-state index contributed by atoms with van der Waals surface area (Å²) in [5, 5.41) is 44.3. The van der Waals surface area contributed by atoms with E-state index in [1.54, 1.807) is 24.5 Å². The number of aromatic nitrogens is 2. The Morgan fingerprint density at radius 3 is 1.59 bits per heavy atom. The maximum Gasteiger partial charge on any atom is 0.150 e. The molecule has 61 heavy (non-hydrogen) atoms. The molecule has 0 spiro atoms. The summed E-state index contributed by atoms with van der Waals surface area (Å²) in [5.41, 5.74) is 11.9. The van der Waals surface area contributed by atoms with Gasteiger partial charge in [-0.15, -0.1) is 0 Å². The topological polar surface area (TPSA) is 162 Å². The van der Waals surface area contributed by atoms with E-state index in [-0.39, 0.29) is 58.9 Å². The second-order valence-corrected chi connectivity index (χ2v) is 21.2. The Labute approximate surface area is 367 Å². The van der Waals surface area contributed by atoms with Gasteiger partial charge >= 0.3 is 0 Å². The first-order chi connectivity index (χ1) is 29.2. The van der Waals surface area contributed by atoms with Crippen molar-refractivity contribution in [2.75, 3.05) is 26.3 Å². The summed E-state index contributed by atoms with van der Waals surface area (Å²) in [5.74, 6) is 3.99. The first kappa shape index (κ1) is 47.7. The number of nitrogens with two attached hydrogens (primary N) is 1. The van der Waals surface area contributed by atoms with Crippen LogP contribution in [0.5, 0.6) is 0 Å². The molecule has 6 aliphatic rings. The van der Waals surface area contributed by atoms with Crippen molar-refractivity contribution in [3.8, 4) is 0 Å². The third-order valence-corrected chi connectivity index (χ3v) is 18.5. The minimum Gasteiger partial charge on any atom is -0.396 e. The van der Waals surface area contributed by atoms with Gasteiger partial charge in [-0.1, -0.05) is 52.0 Å². The molecule has 8 rings (SSSR count). The molecule has 2 aromatic rings. The quantitative estimate of drug-likeness (QED) is 0.102. The van der Waals surface area contributed by atoms with Crippen LogP contribution in [0.4, 0.5) is 0 Å². The van der Waals surface area contributed by atoms with Gasteiger partial charge in [0.1, 0.15) is 6.29 Å². The Hall–Kier alpha value is -2.79. The Kier molecular flexibility index (Phi) is 15.9. The second kappa shape index (κ2) is 20.4. The van der Waals surface area contributed by atoms with Crippen molar-refractivity contribution in [1.82, 2.24) is 15.3 Å². The molecule has 14 atom stereocenters. The third kappa shape index (κ3) is 9.83. The summed E-state index contributed by atoms with van der Waals surface area (Å²) < 4.78 is 0. The number of rotatable bonds is 10. The van der Waals surface area contributed by atoms with Gasteiger partial charge in [-0.25, -0.2) is 0 Å². The van der Waals surface area contributed by atoms with Gasteiger partial charge in [0.2, 0.25) is 0 Å². The smallest absolute Gasteiger partial charge is 0.150 e. The number of aliphatic hydroxyl groups excluding tert-OH is 4. The molecule has 338 valence electrons. The molecule has 0 bridgehead atoms. The number of nitrogens with zero attached hydrogens (tertiary/aromatic N) is 2. The molecule has 0 saturated heterocycles. The third-order valence-electron chi connectivity index (χ3n) is 18.5. The molecule has 0 radical (unpaired) electrons. The number of hydrogen-bond acceptors (Lipinski definition) is 9. The number of pyridine rings is 2. The average molecular weight is 841 g/mol. The summed E-state index contributed by atoms with van der Waals surface area (Å²) in [6, 6.07) is 7.48. The highest BCUT2D eigenvalue weighted by Gasteiger charge is 2.58. The van der Waals surface area contributed by atoms with E-state index >= 15 is 0 Å². The maximum absolute atomic E-state index is 10.3. The van der Waals surface area contributed by atoms with Gasteiger partial charge < -0.3 is 31.5 Å². The van der Waals surface area contributed by atoms with Gasteiger partial charge in [-0.3, -0.25) is 14.8 Å². The summed E-state index contributed by atoms with van der Waals surface area (Å²) in [6.07, 6.45) is 22.1. The fourth-order valence-electron chi connectivity index (χ4n) is 14.3. The first-order valence-electron chi connectivity index (χ1n) is 23.8.